The van der Waals surface area contributed by atoms with Gasteiger partial charge < -0.3 is 5.32 Å². The van der Waals surface area contributed by atoms with E-state index in [-0.39, 0.29) is 30.2 Å². The van der Waals surface area contributed by atoms with Crippen molar-refractivity contribution in [2.45, 2.75) is 17.7 Å². The van der Waals surface area contributed by atoms with Crippen molar-refractivity contribution in [1.29, 1.82) is 0 Å². The van der Waals surface area contributed by atoms with Gasteiger partial charge in [-0.1, -0.05) is 6.07 Å². The summed E-state index contributed by atoms with van der Waals surface area (Å²) in [5.41, 5.74) is 0.340. The third-order valence-electron chi connectivity index (χ3n) is 3.11. The number of hydrogen-bond donors (Lipinski definition) is 2. The Labute approximate surface area is 138 Å². The molecule has 0 aromatic heterocycles. The van der Waals surface area contributed by atoms with Gasteiger partial charge in [0.15, 0.2) is 0 Å². The standard InChI is InChI=1S/C16H16F2N2O3S/c17-12-6-8-15(9-7-12)24(22,23)19-10-2-5-16(21)20-14-4-1-3-13(18)11-14/h1,3-4,6-9,11,19H,2,5,10H2,(H,20,21). The van der Waals surface area contributed by atoms with Gasteiger partial charge in [0.1, 0.15) is 11.6 Å². The summed E-state index contributed by atoms with van der Waals surface area (Å²) < 4.78 is 52.0. The minimum Gasteiger partial charge on any atom is -0.326 e. The molecule has 1 amide bonds. The topological polar surface area (TPSA) is 75.3 Å². The number of carbonyl (C=O) groups is 1. The van der Waals surface area contributed by atoms with Crippen LogP contribution in [0, 0.1) is 11.6 Å². The van der Waals surface area contributed by atoms with E-state index in [4.69, 9.17) is 0 Å². The first-order valence-electron chi connectivity index (χ1n) is 7.17. The largest absolute Gasteiger partial charge is 0.326 e. The lowest BCUT2D eigenvalue weighted by atomic mass is 10.2. The van der Waals surface area contributed by atoms with Gasteiger partial charge in [-0.25, -0.2) is 21.9 Å². The van der Waals surface area contributed by atoms with E-state index in [0.29, 0.717) is 5.69 Å². The first kappa shape index (κ1) is 18.0. The van der Waals surface area contributed by atoms with E-state index in [1.165, 1.54) is 18.2 Å². The van der Waals surface area contributed by atoms with Crippen molar-refractivity contribution in [1.82, 2.24) is 4.72 Å². The van der Waals surface area contributed by atoms with Gasteiger partial charge in [0.25, 0.3) is 0 Å². The van der Waals surface area contributed by atoms with Crippen LogP contribution in [0.25, 0.3) is 0 Å². The summed E-state index contributed by atoms with van der Waals surface area (Å²) in [4.78, 5) is 11.7. The lowest BCUT2D eigenvalue weighted by Gasteiger charge is -2.07. The van der Waals surface area contributed by atoms with E-state index in [9.17, 15) is 22.0 Å². The minimum atomic E-state index is -3.74. The second-order valence-corrected chi connectivity index (χ2v) is 6.78. The molecule has 2 aromatic carbocycles. The highest BCUT2D eigenvalue weighted by Gasteiger charge is 2.13. The molecule has 0 unspecified atom stereocenters. The van der Waals surface area contributed by atoms with Crippen molar-refractivity contribution in [3.8, 4) is 0 Å². The summed E-state index contributed by atoms with van der Waals surface area (Å²) in [7, 11) is -3.74. The molecule has 2 N–H and O–H groups in total. The van der Waals surface area contributed by atoms with E-state index in [1.807, 2.05) is 0 Å². The average Bonchev–Trinajstić information content (AvgIpc) is 2.52. The van der Waals surface area contributed by atoms with Crippen LogP contribution in [-0.2, 0) is 14.8 Å². The van der Waals surface area contributed by atoms with Gasteiger partial charge in [-0.3, -0.25) is 4.79 Å². The molecule has 5 nitrogen and oxygen atoms in total. The number of nitrogens with one attached hydrogen (secondary N) is 2. The van der Waals surface area contributed by atoms with Crippen molar-refractivity contribution in [2.24, 2.45) is 0 Å². The highest BCUT2D eigenvalue weighted by molar-refractivity contribution is 7.89. The second kappa shape index (κ2) is 7.98. The fourth-order valence-corrected chi connectivity index (χ4v) is 3.02. The Morgan fingerprint density at radius 2 is 1.71 bits per heavy atom. The van der Waals surface area contributed by atoms with Crippen molar-refractivity contribution in [2.75, 3.05) is 11.9 Å². The van der Waals surface area contributed by atoms with Gasteiger partial charge >= 0.3 is 0 Å². The number of anilines is 1. The molecule has 0 aliphatic carbocycles. The molecular weight excluding hydrogens is 338 g/mol. The van der Waals surface area contributed by atoms with Crippen LogP contribution in [0.3, 0.4) is 0 Å². The number of hydrogen-bond acceptors (Lipinski definition) is 3. The predicted octanol–water partition coefficient (Wildman–Crippen LogP) is 2.66. The Balaban J connectivity index is 1.77. The van der Waals surface area contributed by atoms with E-state index in [1.54, 1.807) is 6.07 Å². The molecule has 0 atom stereocenters. The van der Waals surface area contributed by atoms with Gasteiger partial charge in [-0.15, -0.1) is 0 Å². The molecule has 2 aromatic rings. The number of benzene rings is 2. The van der Waals surface area contributed by atoms with Crippen molar-refractivity contribution < 1.29 is 22.0 Å². The quantitative estimate of drug-likeness (QED) is 0.751. The lowest BCUT2D eigenvalue weighted by Crippen LogP contribution is -2.25. The second-order valence-electron chi connectivity index (χ2n) is 5.01. The van der Waals surface area contributed by atoms with Crippen LogP contribution in [0.15, 0.2) is 53.4 Å². The first-order valence-corrected chi connectivity index (χ1v) is 8.66. The molecule has 8 heteroatoms. The van der Waals surface area contributed by atoms with Crippen molar-refractivity contribution in [3.05, 3.63) is 60.2 Å². The summed E-state index contributed by atoms with van der Waals surface area (Å²) in [6.45, 7) is 0.0519. The van der Waals surface area contributed by atoms with Gasteiger partial charge in [-0.05, 0) is 48.9 Å². The summed E-state index contributed by atoms with van der Waals surface area (Å²) in [6.07, 6.45) is 0.337. The molecule has 0 saturated heterocycles. The Morgan fingerprint density at radius 1 is 1.00 bits per heavy atom. The Morgan fingerprint density at radius 3 is 2.38 bits per heavy atom. The van der Waals surface area contributed by atoms with Gasteiger partial charge in [0.05, 0.1) is 4.90 Å². The zero-order valence-electron chi connectivity index (χ0n) is 12.6. The van der Waals surface area contributed by atoms with E-state index < -0.39 is 21.7 Å². The average molecular weight is 354 g/mol. The van der Waals surface area contributed by atoms with Crippen molar-refractivity contribution >= 4 is 21.6 Å². The molecular formula is C16H16F2N2O3S. The molecule has 0 aliphatic rings. The number of sulfonamides is 1. The molecule has 0 saturated carbocycles. The van der Waals surface area contributed by atoms with Crippen LogP contribution in [0.1, 0.15) is 12.8 Å². The van der Waals surface area contributed by atoms with Crippen LogP contribution in [0.5, 0.6) is 0 Å². The molecule has 24 heavy (non-hydrogen) atoms. The Kier molecular flexibility index (Phi) is 5.99. The summed E-state index contributed by atoms with van der Waals surface area (Å²) in [6, 6.07) is 9.92. The maximum Gasteiger partial charge on any atom is 0.240 e. The van der Waals surface area contributed by atoms with E-state index in [0.717, 1.165) is 24.3 Å². The zero-order chi connectivity index (χ0) is 17.6. The molecule has 128 valence electrons. The van der Waals surface area contributed by atoms with Crippen LogP contribution >= 0.6 is 0 Å². The van der Waals surface area contributed by atoms with Gasteiger partial charge in [0.2, 0.25) is 15.9 Å². The van der Waals surface area contributed by atoms with Crippen LogP contribution < -0.4 is 10.0 Å². The third-order valence-corrected chi connectivity index (χ3v) is 4.58. The maximum atomic E-state index is 13.0. The first-order chi connectivity index (χ1) is 11.4. The Hall–Kier alpha value is -2.32. The number of halogens is 2. The molecule has 0 fully saturated rings. The van der Waals surface area contributed by atoms with Gasteiger partial charge in [-0.2, -0.15) is 0 Å². The van der Waals surface area contributed by atoms with Gasteiger partial charge in [0, 0.05) is 18.7 Å². The zero-order valence-corrected chi connectivity index (χ0v) is 13.4. The fraction of sp³-hybridized carbons (Fsp3) is 0.188. The molecule has 2 rings (SSSR count). The van der Waals surface area contributed by atoms with Crippen molar-refractivity contribution in [3.63, 3.8) is 0 Å². The van der Waals surface area contributed by atoms with Crippen LogP contribution in [0.2, 0.25) is 0 Å². The predicted molar refractivity (Wildman–Crippen MR) is 85.9 cm³/mol. The van der Waals surface area contributed by atoms with Crippen LogP contribution in [-0.4, -0.2) is 20.9 Å². The molecule has 0 spiro atoms. The number of rotatable bonds is 7. The third kappa shape index (κ3) is 5.39. The van der Waals surface area contributed by atoms with Crippen LogP contribution in [0.4, 0.5) is 14.5 Å². The number of carbonyl (C=O) groups excluding carboxylic acids is 1. The normalized spacial score (nSPS) is 11.2. The SMILES string of the molecule is O=C(CCCNS(=O)(=O)c1ccc(F)cc1)Nc1cccc(F)c1. The lowest BCUT2D eigenvalue weighted by molar-refractivity contribution is -0.116. The molecule has 0 aliphatic heterocycles. The Bertz CT molecular complexity index is 808. The molecule has 0 radical (unpaired) electrons. The molecule has 0 heterocycles. The summed E-state index contributed by atoms with van der Waals surface area (Å²) in [5.74, 6) is -1.33. The van der Waals surface area contributed by atoms with E-state index in [2.05, 4.69) is 10.0 Å². The maximum absolute atomic E-state index is 13.0. The summed E-state index contributed by atoms with van der Waals surface area (Å²) >= 11 is 0. The minimum absolute atomic E-state index is 0.0480. The summed E-state index contributed by atoms with van der Waals surface area (Å²) in [5, 5.41) is 2.52. The fourth-order valence-electron chi connectivity index (χ4n) is 1.94. The number of amides is 1. The monoisotopic (exact) mass is 354 g/mol. The smallest absolute Gasteiger partial charge is 0.240 e. The molecule has 0 bridgehead atoms. The van der Waals surface area contributed by atoms with E-state index >= 15 is 0 Å². The highest BCUT2D eigenvalue weighted by Crippen LogP contribution is 2.11. The highest BCUT2D eigenvalue weighted by atomic mass is 32.2.